The van der Waals surface area contributed by atoms with Gasteiger partial charge in [0.25, 0.3) is 0 Å². The van der Waals surface area contributed by atoms with Gasteiger partial charge in [0.05, 0.1) is 0 Å². The molecule has 3 nitrogen and oxygen atoms in total. The molecular formula is C15H14ClNO2. The molecule has 19 heavy (non-hydrogen) atoms. The molecule has 0 saturated carbocycles. The number of halogens is 1. The van der Waals surface area contributed by atoms with Gasteiger partial charge in [0, 0.05) is 18.1 Å². The number of hydrogen-bond acceptors (Lipinski definition) is 3. The number of ether oxygens (including phenoxy) is 2. The highest BCUT2D eigenvalue weighted by atomic mass is 35.5. The fraction of sp³-hybridized carbons (Fsp3) is 0.200. The molecule has 4 heteroatoms. The van der Waals surface area contributed by atoms with E-state index in [0.29, 0.717) is 6.79 Å². The second kappa shape index (κ2) is 5.51. The van der Waals surface area contributed by atoms with Crippen molar-refractivity contribution in [3.8, 4) is 11.5 Å². The predicted octanol–water partition coefficient (Wildman–Crippen LogP) is 3.36. The molecule has 0 fully saturated rings. The van der Waals surface area contributed by atoms with E-state index in [2.05, 4.69) is 5.32 Å². The molecule has 0 spiro atoms. The fourth-order valence-electron chi connectivity index (χ4n) is 2.00. The molecule has 1 aliphatic rings. The number of nitrogens with one attached hydrogen (secondary N) is 1. The van der Waals surface area contributed by atoms with Gasteiger partial charge in [-0.15, -0.1) is 0 Å². The van der Waals surface area contributed by atoms with E-state index in [1.165, 1.54) is 11.1 Å². The highest BCUT2D eigenvalue weighted by molar-refractivity contribution is 6.30. The van der Waals surface area contributed by atoms with Gasteiger partial charge in [-0.25, -0.2) is 0 Å². The monoisotopic (exact) mass is 275 g/mol. The Morgan fingerprint density at radius 2 is 1.58 bits per heavy atom. The van der Waals surface area contributed by atoms with Gasteiger partial charge in [-0.2, -0.15) is 0 Å². The molecule has 1 aliphatic heterocycles. The fourth-order valence-corrected chi connectivity index (χ4v) is 2.13. The molecule has 3 rings (SSSR count). The van der Waals surface area contributed by atoms with Crippen LogP contribution in [0, 0.1) is 0 Å². The topological polar surface area (TPSA) is 30.5 Å². The maximum atomic E-state index is 5.85. The van der Waals surface area contributed by atoms with E-state index in [1.807, 2.05) is 42.5 Å². The van der Waals surface area contributed by atoms with Gasteiger partial charge in [0.1, 0.15) is 0 Å². The summed E-state index contributed by atoms with van der Waals surface area (Å²) in [5, 5.41) is 4.15. The summed E-state index contributed by atoms with van der Waals surface area (Å²) in [6.07, 6.45) is 0. The van der Waals surface area contributed by atoms with Crippen LogP contribution in [0.2, 0.25) is 5.02 Å². The first-order valence-corrected chi connectivity index (χ1v) is 6.53. The second-order valence-electron chi connectivity index (χ2n) is 4.42. The zero-order chi connectivity index (χ0) is 13.1. The van der Waals surface area contributed by atoms with Crippen molar-refractivity contribution in [1.82, 2.24) is 5.32 Å². The van der Waals surface area contributed by atoms with Gasteiger partial charge in [-0.3, -0.25) is 0 Å². The maximum absolute atomic E-state index is 5.85. The van der Waals surface area contributed by atoms with Gasteiger partial charge in [0.2, 0.25) is 6.79 Å². The van der Waals surface area contributed by atoms with Crippen molar-refractivity contribution in [3.63, 3.8) is 0 Å². The summed E-state index contributed by atoms with van der Waals surface area (Å²) in [6, 6.07) is 13.9. The molecule has 0 radical (unpaired) electrons. The molecule has 2 aromatic rings. The lowest BCUT2D eigenvalue weighted by molar-refractivity contribution is 0.174. The van der Waals surface area contributed by atoms with Gasteiger partial charge in [-0.1, -0.05) is 29.8 Å². The van der Waals surface area contributed by atoms with Crippen LogP contribution in [-0.4, -0.2) is 6.79 Å². The zero-order valence-electron chi connectivity index (χ0n) is 10.4. The Bertz CT molecular complexity index is 569. The third-order valence-electron chi connectivity index (χ3n) is 3.01. The summed E-state index contributed by atoms with van der Waals surface area (Å²) in [5.74, 6) is 1.65. The average Bonchev–Trinajstić information content (AvgIpc) is 2.88. The Kier molecular flexibility index (Phi) is 3.58. The molecule has 0 bridgehead atoms. The molecule has 1 N–H and O–H groups in total. The molecule has 0 amide bonds. The van der Waals surface area contributed by atoms with Crippen LogP contribution in [0.5, 0.6) is 11.5 Å². The molecule has 2 aromatic carbocycles. The Hall–Kier alpha value is -1.71. The highest BCUT2D eigenvalue weighted by Crippen LogP contribution is 2.32. The molecule has 1 heterocycles. The predicted molar refractivity (Wildman–Crippen MR) is 74.6 cm³/mol. The van der Waals surface area contributed by atoms with Crippen molar-refractivity contribution < 1.29 is 9.47 Å². The smallest absolute Gasteiger partial charge is 0.231 e. The first-order chi connectivity index (χ1) is 9.31. The molecule has 0 saturated heterocycles. The van der Waals surface area contributed by atoms with Gasteiger partial charge < -0.3 is 14.8 Å². The second-order valence-corrected chi connectivity index (χ2v) is 4.85. The summed E-state index contributed by atoms with van der Waals surface area (Å²) < 4.78 is 10.6. The van der Waals surface area contributed by atoms with Gasteiger partial charge in [0.15, 0.2) is 11.5 Å². The summed E-state index contributed by atoms with van der Waals surface area (Å²) in [5.41, 5.74) is 2.39. The van der Waals surface area contributed by atoms with Crippen LogP contribution in [-0.2, 0) is 13.1 Å². The Labute approximate surface area is 117 Å². The molecule has 98 valence electrons. The van der Waals surface area contributed by atoms with Crippen LogP contribution < -0.4 is 14.8 Å². The SMILES string of the molecule is Clc1ccc(CNCc2ccc3c(c2)OCO3)cc1. The molecule has 0 atom stereocenters. The number of rotatable bonds is 4. The van der Waals surface area contributed by atoms with E-state index in [0.717, 1.165) is 29.6 Å². The first-order valence-electron chi connectivity index (χ1n) is 6.15. The summed E-state index contributed by atoms with van der Waals surface area (Å²) >= 11 is 5.85. The standard InChI is InChI=1S/C15H14ClNO2/c16-13-4-1-11(2-5-13)8-17-9-12-3-6-14-15(7-12)19-10-18-14/h1-7,17H,8-10H2. The average molecular weight is 276 g/mol. The molecule has 0 unspecified atom stereocenters. The van der Waals surface area contributed by atoms with E-state index in [1.54, 1.807) is 0 Å². The lowest BCUT2D eigenvalue weighted by Gasteiger charge is -2.06. The minimum atomic E-state index is 0.316. The van der Waals surface area contributed by atoms with E-state index in [4.69, 9.17) is 21.1 Å². The van der Waals surface area contributed by atoms with Crippen LogP contribution in [0.1, 0.15) is 11.1 Å². The maximum Gasteiger partial charge on any atom is 0.231 e. The lowest BCUT2D eigenvalue weighted by atomic mass is 10.2. The normalized spacial score (nSPS) is 12.7. The van der Waals surface area contributed by atoms with Crippen LogP contribution in [0.4, 0.5) is 0 Å². The minimum absolute atomic E-state index is 0.316. The van der Waals surface area contributed by atoms with Crippen LogP contribution in [0.25, 0.3) is 0 Å². The van der Waals surface area contributed by atoms with Crippen molar-refractivity contribution in [2.24, 2.45) is 0 Å². The van der Waals surface area contributed by atoms with Crippen molar-refractivity contribution in [2.75, 3.05) is 6.79 Å². The lowest BCUT2D eigenvalue weighted by Crippen LogP contribution is -2.12. The minimum Gasteiger partial charge on any atom is -0.454 e. The third-order valence-corrected chi connectivity index (χ3v) is 3.26. The van der Waals surface area contributed by atoms with Crippen molar-refractivity contribution >= 4 is 11.6 Å². The quantitative estimate of drug-likeness (QED) is 0.928. The van der Waals surface area contributed by atoms with E-state index >= 15 is 0 Å². The van der Waals surface area contributed by atoms with Gasteiger partial charge >= 0.3 is 0 Å². The van der Waals surface area contributed by atoms with Crippen LogP contribution in [0.3, 0.4) is 0 Å². The molecular weight excluding hydrogens is 262 g/mol. The Morgan fingerprint density at radius 3 is 2.42 bits per heavy atom. The number of fused-ring (bicyclic) bond motifs is 1. The summed E-state index contributed by atoms with van der Waals surface area (Å²) in [4.78, 5) is 0. The molecule has 0 aromatic heterocycles. The van der Waals surface area contributed by atoms with E-state index in [-0.39, 0.29) is 0 Å². The Morgan fingerprint density at radius 1 is 0.895 bits per heavy atom. The van der Waals surface area contributed by atoms with Crippen molar-refractivity contribution in [3.05, 3.63) is 58.6 Å². The molecule has 0 aliphatic carbocycles. The van der Waals surface area contributed by atoms with Gasteiger partial charge in [-0.05, 0) is 35.4 Å². The first kappa shape index (κ1) is 12.3. The van der Waals surface area contributed by atoms with Crippen LogP contribution in [0.15, 0.2) is 42.5 Å². The number of benzene rings is 2. The third kappa shape index (κ3) is 3.00. The van der Waals surface area contributed by atoms with E-state index < -0.39 is 0 Å². The summed E-state index contributed by atoms with van der Waals surface area (Å²) in [6.45, 7) is 1.92. The van der Waals surface area contributed by atoms with Crippen LogP contribution >= 0.6 is 11.6 Å². The largest absolute Gasteiger partial charge is 0.454 e. The van der Waals surface area contributed by atoms with E-state index in [9.17, 15) is 0 Å². The Balaban J connectivity index is 1.56. The zero-order valence-corrected chi connectivity index (χ0v) is 11.1. The van der Waals surface area contributed by atoms with Crippen molar-refractivity contribution in [1.29, 1.82) is 0 Å². The van der Waals surface area contributed by atoms with Crippen molar-refractivity contribution in [2.45, 2.75) is 13.1 Å². The number of hydrogen-bond donors (Lipinski definition) is 1. The summed E-state index contributed by atoms with van der Waals surface area (Å²) in [7, 11) is 0. The highest BCUT2D eigenvalue weighted by Gasteiger charge is 2.12.